The number of rotatable bonds is 7. The molecular formula is C20H23N3O4S. The molecule has 0 saturated heterocycles. The molecule has 148 valence electrons. The van der Waals surface area contributed by atoms with E-state index in [1.807, 2.05) is 37.3 Å². The molecule has 0 saturated carbocycles. The van der Waals surface area contributed by atoms with Crippen LogP contribution in [0.25, 0.3) is 11.3 Å². The zero-order valence-electron chi connectivity index (χ0n) is 16.1. The van der Waals surface area contributed by atoms with Gasteiger partial charge < -0.3 is 19.7 Å². The third-order valence-corrected chi connectivity index (χ3v) is 5.34. The van der Waals surface area contributed by atoms with Crippen LogP contribution in [-0.2, 0) is 12.8 Å². The SMILES string of the molecule is Cc1nc(CCc2c(-c3ccccc3)noc2C)sc1OC(=O)NC(C)CO. The number of hydrogen-bond donors (Lipinski definition) is 2. The average Bonchev–Trinajstić information content (AvgIpc) is 3.22. The van der Waals surface area contributed by atoms with Gasteiger partial charge in [-0.1, -0.05) is 46.8 Å². The summed E-state index contributed by atoms with van der Waals surface area (Å²) in [5, 5.41) is 17.1. The molecule has 0 spiro atoms. The minimum atomic E-state index is -0.596. The zero-order chi connectivity index (χ0) is 20.1. The molecule has 0 fully saturated rings. The fourth-order valence-electron chi connectivity index (χ4n) is 2.74. The molecule has 1 unspecified atom stereocenters. The van der Waals surface area contributed by atoms with Gasteiger partial charge in [0, 0.05) is 17.5 Å². The number of hydrogen-bond acceptors (Lipinski definition) is 7. The third kappa shape index (κ3) is 4.76. The number of thiazole rings is 1. The molecule has 3 rings (SSSR count). The molecular weight excluding hydrogens is 378 g/mol. The molecule has 1 atom stereocenters. The summed E-state index contributed by atoms with van der Waals surface area (Å²) >= 11 is 1.34. The predicted octanol–water partition coefficient (Wildman–Crippen LogP) is 3.67. The molecule has 2 N–H and O–H groups in total. The molecule has 8 heteroatoms. The Morgan fingerprint density at radius 1 is 1.29 bits per heavy atom. The Bertz CT molecular complexity index is 936. The lowest BCUT2D eigenvalue weighted by Crippen LogP contribution is -2.36. The molecule has 0 radical (unpaired) electrons. The fourth-order valence-corrected chi connectivity index (χ4v) is 3.65. The van der Waals surface area contributed by atoms with E-state index in [1.165, 1.54) is 11.3 Å². The van der Waals surface area contributed by atoms with Crippen LogP contribution in [0.5, 0.6) is 5.06 Å². The minimum absolute atomic E-state index is 0.149. The molecule has 0 aliphatic carbocycles. The molecule has 1 aromatic carbocycles. The van der Waals surface area contributed by atoms with Crippen molar-refractivity contribution in [3.63, 3.8) is 0 Å². The summed E-state index contributed by atoms with van der Waals surface area (Å²) in [6.45, 7) is 5.25. The van der Waals surface area contributed by atoms with Crippen LogP contribution in [0.3, 0.4) is 0 Å². The standard InChI is InChI=1S/C20H23N3O4S/c1-12(11-24)21-20(25)26-19-13(2)22-17(28-19)10-9-16-14(3)27-23-18(16)15-7-5-4-6-8-15/h4-8,12,24H,9-11H2,1-3H3,(H,21,25). The van der Waals surface area contributed by atoms with E-state index in [-0.39, 0.29) is 12.6 Å². The Hall–Kier alpha value is -2.71. The maximum absolute atomic E-state index is 11.8. The molecule has 0 aliphatic rings. The second-order valence-corrected chi connectivity index (χ2v) is 7.58. The van der Waals surface area contributed by atoms with Crippen LogP contribution in [0, 0.1) is 13.8 Å². The molecule has 3 aromatic rings. The number of benzene rings is 1. The quantitative estimate of drug-likeness (QED) is 0.627. The van der Waals surface area contributed by atoms with Gasteiger partial charge in [-0.2, -0.15) is 0 Å². The highest BCUT2D eigenvalue weighted by molar-refractivity contribution is 7.13. The van der Waals surface area contributed by atoms with Gasteiger partial charge in [-0.15, -0.1) is 0 Å². The molecule has 2 heterocycles. The van der Waals surface area contributed by atoms with Crippen LogP contribution >= 0.6 is 11.3 Å². The van der Waals surface area contributed by atoms with Crippen molar-refractivity contribution in [1.29, 1.82) is 0 Å². The highest BCUT2D eigenvalue weighted by atomic mass is 32.1. The summed E-state index contributed by atoms with van der Waals surface area (Å²) in [5.41, 5.74) is 3.58. The van der Waals surface area contributed by atoms with Gasteiger partial charge in [0.2, 0.25) is 5.06 Å². The van der Waals surface area contributed by atoms with Crippen molar-refractivity contribution < 1.29 is 19.2 Å². The Morgan fingerprint density at radius 2 is 2.04 bits per heavy atom. The zero-order valence-corrected chi connectivity index (χ0v) is 16.9. The summed E-state index contributed by atoms with van der Waals surface area (Å²) in [6, 6.07) is 9.55. The van der Waals surface area contributed by atoms with Gasteiger partial charge in [-0.3, -0.25) is 0 Å². The normalized spacial score (nSPS) is 12.0. The number of aryl methyl sites for hydroxylation is 3. The first kappa shape index (κ1) is 20.0. The lowest BCUT2D eigenvalue weighted by Gasteiger charge is -2.09. The van der Waals surface area contributed by atoms with Crippen molar-refractivity contribution in [2.24, 2.45) is 0 Å². The van der Waals surface area contributed by atoms with Crippen molar-refractivity contribution in [3.8, 4) is 16.3 Å². The van der Waals surface area contributed by atoms with E-state index in [2.05, 4.69) is 15.5 Å². The number of aromatic nitrogens is 2. The molecule has 1 amide bonds. The molecule has 0 bridgehead atoms. The number of carbonyl (C=O) groups is 1. The van der Waals surface area contributed by atoms with Crippen LogP contribution in [-0.4, -0.2) is 34.0 Å². The highest BCUT2D eigenvalue weighted by Gasteiger charge is 2.18. The van der Waals surface area contributed by atoms with Gasteiger partial charge >= 0.3 is 6.09 Å². The van der Waals surface area contributed by atoms with Crippen molar-refractivity contribution in [2.75, 3.05) is 6.61 Å². The number of nitrogens with one attached hydrogen (secondary N) is 1. The van der Waals surface area contributed by atoms with Gasteiger partial charge in [-0.05, 0) is 27.2 Å². The second-order valence-electron chi connectivity index (χ2n) is 6.53. The number of carbonyl (C=O) groups excluding carboxylic acids is 1. The monoisotopic (exact) mass is 401 g/mol. The summed E-state index contributed by atoms with van der Waals surface area (Å²) in [4.78, 5) is 16.4. The van der Waals surface area contributed by atoms with Crippen molar-refractivity contribution >= 4 is 17.4 Å². The second kappa shape index (κ2) is 8.99. The van der Waals surface area contributed by atoms with E-state index in [0.29, 0.717) is 17.2 Å². The van der Waals surface area contributed by atoms with Gasteiger partial charge in [0.05, 0.1) is 23.4 Å². The molecule has 0 aliphatic heterocycles. The molecule has 7 nitrogen and oxygen atoms in total. The van der Waals surface area contributed by atoms with E-state index in [0.717, 1.165) is 34.0 Å². The third-order valence-electron chi connectivity index (χ3n) is 4.24. The van der Waals surface area contributed by atoms with Crippen molar-refractivity contribution in [2.45, 2.75) is 39.7 Å². The lowest BCUT2D eigenvalue weighted by atomic mass is 10.0. The van der Waals surface area contributed by atoms with Crippen LogP contribution < -0.4 is 10.1 Å². The van der Waals surface area contributed by atoms with Gasteiger partial charge in [-0.25, -0.2) is 9.78 Å². The summed E-state index contributed by atoms with van der Waals surface area (Å²) < 4.78 is 10.7. The first-order valence-electron chi connectivity index (χ1n) is 9.04. The topological polar surface area (TPSA) is 97.5 Å². The van der Waals surface area contributed by atoms with Crippen LogP contribution in [0.4, 0.5) is 4.79 Å². The number of ether oxygens (including phenoxy) is 1. The van der Waals surface area contributed by atoms with E-state index in [1.54, 1.807) is 13.8 Å². The maximum atomic E-state index is 11.8. The Balaban J connectivity index is 1.68. The fraction of sp³-hybridized carbons (Fsp3) is 0.350. The number of aliphatic hydroxyl groups excluding tert-OH is 1. The number of aliphatic hydroxyl groups is 1. The van der Waals surface area contributed by atoms with Crippen LogP contribution in [0.15, 0.2) is 34.9 Å². The van der Waals surface area contributed by atoms with Gasteiger partial charge in [0.1, 0.15) is 11.5 Å². The first-order valence-corrected chi connectivity index (χ1v) is 9.85. The average molecular weight is 401 g/mol. The Labute approximate surface area is 167 Å². The van der Waals surface area contributed by atoms with E-state index >= 15 is 0 Å². The molecule has 28 heavy (non-hydrogen) atoms. The molecule has 2 aromatic heterocycles. The van der Waals surface area contributed by atoms with Crippen LogP contribution in [0.1, 0.15) is 28.9 Å². The number of amides is 1. The summed E-state index contributed by atoms with van der Waals surface area (Å²) in [6.07, 6.45) is 0.812. The minimum Gasteiger partial charge on any atom is -0.397 e. The lowest BCUT2D eigenvalue weighted by molar-refractivity contribution is 0.186. The van der Waals surface area contributed by atoms with Crippen molar-refractivity contribution in [1.82, 2.24) is 15.5 Å². The predicted molar refractivity (Wildman–Crippen MR) is 107 cm³/mol. The largest absolute Gasteiger partial charge is 0.413 e. The van der Waals surface area contributed by atoms with E-state index in [9.17, 15) is 4.79 Å². The maximum Gasteiger partial charge on any atom is 0.413 e. The Morgan fingerprint density at radius 3 is 2.75 bits per heavy atom. The highest BCUT2D eigenvalue weighted by Crippen LogP contribution is 2.30. The van der Waals surface area contributed by atoms with Crippen molar-refractivity contribution in [3.05, 3.63) is 52.4 Å². The smallest absolute Gasteiger partial charge is 0.397 e. The summed E-state index contributed by atoms with van der Waals surface area (Å²) in [7, 11) is 0. The van der Waals surface area contributed by atoms with Gasteiger partial charge in [0.25, 0.3) is 0 Å². The van der Waals surface area contributed by atoms with Crippen LogP contribution in [0.2, 0.25) is 0 Å². The summed E-state index contributed by atoms with van der Waals surface area (Å²) in [5.74, 6) is 0.793. The van der Waals surface area contributed by atoms with E-state index in [4.69, 9.17) is 14.4 Å². The van der Waals surface area contributed by atoms with E-state index < -0.39 is 6.09 Å². The first-order chi connectivity index (χ1) is 13.5. The number of nitrogens with zero attached hydrogens (tertiary/aromatic N) is 2. The van der Waals surface area contributed by atoms with Gasteiger partial charge in [0.15, 0.2) is 0 Å². The Kier molecular flexibility index (Phi) is 6.43.